The summed E-state index contributed by atoms with van der Waals surface area (Å²) < 4.78 is 25.1. The van der Waals surface area contributed by atoms with E-state index in [1.165, 1.54) is 20.8 Å². The quantitative estimate of drug-likeness (QED) is 0.530. The number of phosphoric ester groups is 1. The lowest BCUT2D eigenvalue weighted by molar-refractivity contribution is 0.258. The Morgan fingerprint density at radius 1 is 0.786 bits per heavy atom. The van der Waals surface area contributed by atoms with Crippen molar-refractivity contribution < 1.29 is 18.1 Å². The van der Waals surface area contributed by atoms with Crippen LogP contribution >= 0.6 is 7.82 Å². The van der Waals surface area contributed by atoms with Crippen molar-refractivity contribution in [2.45, 2.75) is 20.8 Å². The predicted octanol–water partition coefficient (Wildman–Crippen LogP) is 2.09. The van der Waals surface area contributed by atoms with Gasteiger partial charge in [0, 0.05) is 20.8 Å². The minimum atomic E-state index is -3.79. The summed E-state index contributed by atoms with van der Waals surface area (Å²) in [6.07, 6.45) is 6.32. The molecule has 0 spiro atoms. The van der Waals surface area contributed by atoms with E-state index < -0.39 is 7.82 Å². The van der Waals surface area contributed by atoms with Gasteiger partial charge in [0.1, 0.15) is 18.3 Å². The van der Waals surface area contributed by atoms with Crippen molar-refractivity contribution in [3.8, 4) is 36.1 Å². The Morgan fingerprint density at radius 3 is 1.29 bits per heavy atom. The van der Waals surface area contributed by atoms with Crippen LogP contribution in [-0.4, -0.2) is 0 Å². The number of hydrogen-bond acceptors (Lipinski definition) is 4. The Labute approximate surface area is 83.5 Å². The van der Waals surface area contributed by atoms with Gasteiger partial charge in [0.2, 0.25) is 0 Å². The van der Waals surface area contributed by atoms with Gasteiger partial charge in [0.25, 0.3) is 0 Å². The van der Waals surface area contributed by atoms with E-state index in [1.54, 1.807) is 0 Å². The lowest BCUT2D eigenvalue weighted by Gasteiger charge is -2.06. The Balaban J connectivity index is 4.56. The molecule has 0 rings (SSSR count). The van der Waals surface area contributed by atoms with Crippen molar-refractivity contribution in [1.29, 1.82) is 0 Å². The van der Waals surface area contributed by atoms with Crippen molar-refractivity contribution in [2.24, 2.45) is 0 Å². The maximum absolute atomic E-state index is 11.5. The van der Waals surface area contributed by atoms with Crippen LogP contribution in [0.2, 0.25) is 0 Å². The standard InChI is InChI=1S/C9H9O4P/c1-4-7-11-14(10,12-8-5-2)13-9-6-3/h1-3H3. The van der Waals surface area contributed by atoms with Crippen LogP contribution in [0.4, 0.5) is 0 Å². The average Bonchev–Trinajstić information content (AvgIpc) is 2.21. The van der Waals surface area contributed by atoms with Crippen LogP contribution in [0.15, 0.2) is 0 Å². The van der Waals surface area contributed by atoms with Crippen molar-refractivity contribution >= 4 is 7.82 Å². The molecule has 0 saturated carbocycles. The van der Waals surface area contributed by atoms with E-state index in [2.05, 4.69) is 49.7 Å². The summed E-state index contributed by atoms with van der Waals surface area (Å²) in [7, 11) is -3.79. The Morgan fingerprint density at radius 2 is 1.07 bits per heavy atom. The van der Waals surface area contributed by atoms with Crippen LogP contribution in [0.1, 0.15) is 20.8 Å². The third-order valence-corrected chi connectivity index (χ3v) is 1.72. The summed E-state index contributed by atoms with van der Waals surface area (Å²) in [5.74, 6) is 7.13. The molecule has 0 fully saturated rings. The monoisotopic (exact) mass is 212 g/mol. The fraction of sp³-hybridized carbons (Fsp3) is 0.333. The van der Waals surface area contributed by atoms with Crippen LogP contribution in [0, 0.1) is 36.1 Å². The molecule has 0 amide bonds. The molecule has 0 aromatic rings. The van der Waals surface area contributed by atoms with Crippen molar-refractivity contribution in [3.63, 3.8) is 0 Å². The van der Waals surface area contributed by atoms with E-state index in [-0.39, 0.29) is 0 Å². The molecule has 0 aliphatic rings. The molecule has 5 heteroatoms. The van der Waals surface area contributed by atoms with E-state index in [4.69, 9.17) is 0 Å². The van der Waals surface area contributed by atoms with Crippen LogP contribution in [0.25, 0.3) is 0 Å². The van der Waals surface area contributed by atoms with Crippen molar-refractivity contribution in [1.82, 2.24) is 0 Å². The second-order valence-electron chi connectivity index (χ2n) is 1.78. The first-order chi connectivity index (χ1) is 6.68. The van der Waals surface area contributed by atoms with Crippen LogP contribution in [-0.2, 0) is 18.1 Å². The Bertz CT molecular complexity index is 332. The summed E-state index contributed by atoms with van der Waals surface area (Å²) in [4.78, 5) is 0. The van der Waals surface area contributed by atoms with Gasteiger partial charge in [-0.2, -0.15) is 4.57 Å². The molecule has 0 N–H and O–H groups in total. The molecule has 0 heterocycles. The van der Waals surface area contributed by atoms with Gasteiger partial charge in [-0.3, -0.25) is 0 Å². The Kier molecular flexibility index (Phi) is 5.97. The maximum Gasteiger partial charge on any atom is 0.673 e. The van der Waals surface area contributed by atoms with Gasteiger partial charge in [-0.1, -0.05) is 17.8 Å². The highest BCUT2D eigenvalue weighted by Gasteiger charge is 2.29. The van der Waals surface area contributed by atoms with Crippen molar-refractivity contribution in [3.05, 3.63) is 0 Å². The molecule has 14 heavy (non-hydrogen) atoms. The number of rotatable bonds is 3. The summed E-state index contributed by atoms with van der Waals surface area (Å²) in [6.45, 7) is 4.55. The molecule has 0 aliphatic carbocycles. The van der Waals surface area contributed by atoms with E-state index >= 15 is 0 Å². The van der Waals surface area contributed by atoms with E-state index in [0.29, 0.717) is 0 Å². The van der Waals surface area contributed by atoms with E-state index in [1.807, 2.05) is 0 Å². The first kappa shape index (κ1) is 12.3. The minimum absolute atomic E-state index is 1.52. The molecule has 0 atom stereocenters. The lowest BCUT2D eigenvalue weighted by atomic mass is 10.8. The van der Waals surface area contributed by atoms with Crippen LogP contribution in [0.3, 0.4) is 0 Å². The van der Waals surface area contributed by atoms with Crippen LogP contribution < -0.4 is 0 Å². The average molecular weight is 212 g/mol. The minimum Gasteiger partial charge on any atom is -0.331 e. The normalized spacial score (nSPS) is 7.64. The van der Waals surface area contributed by atoms with Gasteiger partial charge < -0.3 is 13.6 Å². The van der Waals surface area contributed by atoms with Gasteiger partial charge in [-0.15, -0.1) is 0 Å². The van der Waals surface area contributed by atoms with Crippen molar-refractivity contribution in [2.75, 3.05) is 0 Å². The molecule has 0 bridgehead atoms. The highest BCUT2D eigenvalue weighted by molar-refractivity contribution is 7.48. The number of phosphoric acid groups is 1. The second kappa shape index (κ2) is 6.79. The highest BCUT2D eigenvalue weighted by atomic mass is 31.2. The zero-order valence-electron chi connectivity index (χ0n) is 8.08. The lowest BCUT2D eigenvalue weighted by Crippen LogP contribution is -1.89. The molecule has 0 unspecified atom stereocenters. The SMILES string of the molecule is CC#COP(=O)(OC#CC)OC#CC. The zero-order valence-corrected chi connectivity index (χ0v) is 8.97. The molecule has 0 aliphatic heterocycles. The summed E-state index contributed by atoms with van der Waals surface area (Å²) in [5, 5.41) is 0. The first-order valence-electron chi connectivity index (χ1n) is 3.59. The van der Waals surface area contributed by atoms with E-state index in [9.17, 15) is 4.57 Å². The zero-order chi connectivity index (χ0) is 10.9. The molecule has 0 saturated heterocycles. The summed E-state index contributed by atoms with van der Waals surface area (Å²) >= 11 is 0. The van der Waals surface area contributed by atoms with Gasteiger partial charge in [0.15, 0.2) is 0 Å². The molecular weight excluding hydrogens is 203 g/mol. The van der Waals surface area contributed by atoms with Gasteiger partial charge >= 0.3 is 7.82 Å². The van der Waals surface area contributed by atoms with Gasteiger partial charge in [-0.25, -0.2) is 0 Å². The summed E-state index contributed by atoms with van der Waals surface area (Å²) in [6, 6.07) is 0. The molecular formula is C9H9O4P. The second-order valence-corrected chi connectivity index (χ2v) is 3.22. The molecule has 4 nitrogen and oxygen atoms in total. The Hall–Kier alpha value is -1.69. The topological polar surface area (TPSA) is 44.8 Å². The fourth-order valence-electron chi connectivity index (χ4n) is 0.361. The number of hydrogen-bond donors (Lipinski definition) is 0. The smallest absolute Gasteiger partial charge is 0.331 e. The molecule has 0 aromatic heterocycles. The molecule has 0 radical (unpaired) electrons. The molecule has 0 aromatic carbocycles. The largest absolute Gasteiger partial charge is 0.673 e. The van der Waals surface area contributed by atoms with Crippen LogP contribution in [0.5, 0.6) is 0 Å². The van der Waals surface area contributed by atoms with E-state index in [0.717, 1.165) is 0 Å². The summed E-state index contributed by atoms with van der Waals surface area (Å²) in [5.41, 5.74) is 0. The van der Waals surface area contributed by atoms with Gasteiger partial charge in [0.05, 0.1) is 0 Å². The fourth-order valence-corrected chi connectivity index (χ4v) is 1.08. The predicted molar refractivity (Wildman–Crippen MR) is 51.2 cm³/mol. The first-order valence-corrected chi connectivity index (χ1v) is 5.05. The highest BCUT2D eigenvalue weighted by Crippen LogP contribution is 2.48. The maximum atomic E-state index is 11.5. The third-order valence-electron chi connectivity index (χ3n) is 0.779. The third kappa shape index (κ3) is 5.04. The van der Waals surface area contributed by atoms with Gasteiger partial charge in [-0.05, 0) is 0 Å². The molecule has 74 valence electrons.